The van der Waals surface area contributed by atoms with Gasteiger partial charge in [-0.05, 0) is 51.7 Å². The second kappa shape index (κ2) is 9.89. The van der Waals surface area contributed by atoms with Crippen molar-refractivity contribution in [3.8, 4) is 11.5 Å². The molecule has 0 atom stereocenters. The van der Waals surface area contributed by atoms with E-state index < -0.39 is 5.92 Å². The summed E-state index contributed by atoms with van der Waals surface area (Å²) in [5.41, 5.74) is 5.07. The van der Waals surface area contributed by atoms with Gasteiger partial charge in [0.2, 0.25) is 0 Å². The highest BCUT2D eigenvalue weighted by Crippen LogP contribution is 2.35. The fraction of sp³-hybridized carbons (Fsp3) is 0.130. The molecule has 0 aliphatic rings. The average molecular weight is 453 g/mol. The van der Waals surface area contributed by atoms with E-state index in [2.05, 4.69) is 26.5 Å². The highest BCUT2D eigenvalue weighted by Gasteiger charge is 2.22. The van der Waals surface area contributed by atoms with Gasteiger partial charge in [0.15, 0.2) is 11.5 Å². The van der Waals surface area contributed by atoms with Crippen molar-refractivity contribution in [2.75, 3.05) is 6.61 Å². The van der Waals surface area contributed by atoms with Gasteiger partial charge in [0.05, 0.1) is 23.2 Å². The zero-order valence-electron chi connectivity index (χ0n) is 15.9. The number of hydrazone groups is 1. The molecule has 0 saturated heterocycles. The summed E-state index contributed by atoms with van der Waals surface area (Å²) in [6, 6.07) is 22.5. The van der Waals surface area contributed by atoms with Gasteiger partial charge < -0.3 is 9.84 Å². The lowest BCUT2D eigenvalue weighted by Gasteiger charge is -2.16. The van der Waals surface area contributed by atoms with Crippen molar-refractivity contribution in [3.63, 3.8) is 0 Å². The first-order valence-electron chi connectivity index (χ1n) is 9.18. The summed E-state index contributed by atoms with van der Waals surface area (Å²) in [7, 11) is 0. The Morgan fingerprint density at radius 1 is 1.10 bits per heavy atom. The number of rotatable bonds is 7. The van der Waals surface area contributed by atoms with Crippen molar-refractivity contribution >= 4 is 28.1 Å². The van der Waals surface area contributed by atoms with Crippen LogP contribution in [0.5, 0.6) is 11.5 Å². The number of carbonyl (C=O) groups is 1. The summed E-state index contributed by atoms with van der Waals surface area (Å²) < 4.78 is 5.90. The first kappa shape index (κ1) is 20.6. The maximum absolute atomic E-state index is 12.9. The summed E-state index contributed by atoms with van der Waals surface area (Å²) in [5.74, 6) is -0.330. The van der Waals surface area contributed by atoms with Crippen molar-refractivity contribution < 1.29 is 14.6 Å². The highest BCUT2D eigenvalue weighted by molar-refractivity contribution is 9.10. The minimum absolute atomic E-state index is 0.0289. The Balaban J connectivity index is 1.81. The molecule has 0 aliphatic carbocycles. The smallest absolute Gasteiger partial charge is 0.252 e. The molecule has 148 valence electrons. The average Bonchev–Trinajstić information content (AvgIpc) is 2.73. The van der Waals surface area contributed by atoms with Gasteiger partial charge >= 0.3 is 0 Å². The molecule has 2 N–H and O–H groups in total. The number of carbonyl (C=O) groups excluding carboxylic acids is 1. The number of hydrogen-bond acceptors (Lipinski definition) is 4. The number of phenols is 1. The maximum atomic E-state index is 12.9. The van der Waals surface area contributed by atoms with Crippen LogP contribution in [0.2, 0.25) is 0 Å². The Labute approximate surface area is 178 Å². The number of halogens is 1. The van der Waals surface area contributed by atoms with Gasteiger partial charge in [0.25, 0.3) is 5.91 Å². The first-order valence-corrected chi connectivity index (χ1v) is 9.97. The summed E-state index contributed by atoms with van der Waals surface area (Å²) in [5, 5.41) is 14.1. The number of phenolic OH excluding ortho intramolecular Hbond substituents is 1. The minimum atomic E-state index is -0.472. The van der Waals surface area contributed by atoms with E-state index >= 15 is 0 Å². The molecular weight excluding hydrogens is 432 g/mol. The van der Waals surface area contributed by atoms with Gasteiger partial charge in [0.1, 0.15) is 0 Å². The molecule has 3 aromatic carbocycles. The van der Waals surface area contributed by atoms with Crippen LogP contribution in [0.1, 0.15) is 29.5 Å². The van der Waals surface area contributed by atoms with E-state index in [0.717, 1.165) is 11.1 Å². The minimum Gasteiger partial charge on any atom is -0.503 e. The lowest BCUT2D eigenvalue weighted by Crippen LogP contribution is -2.26. The van der Waals surface area contributed by atoms with Gasteiger partial charge in [-0.15, -0.1) is 0 Å². The second-order valence-electron chi connectivity index (χ2n) is 6.27. The van der Waals surface area contributed by atoms with Gasteiger partial charge in [-0.25, -0.2) is 5.43 Å². The molecule has 0 heterocycles. The quantitative estimate of drug-likeness (QED) is 0.398. The topological polar surface area (TPSA) is 70.9 Å². The Bertz CT molecular complexity index is 952. The van der Waals surface area contributed by atoms with E-state index in [1.807, 2.05) is 67.6 Å². The van der Waals surface area contributed by atoms with E-state index in [9.17, 15) is 9.90 Å². The Morgan fingerprint density at radius 2 is 1.69 bits per heavy atom. The largest absolute Gasteiger partial charge is 0.503 e. The molecule has 1 amide bonds. The predicted octanol–water partition coefficient (Wildman–Crippen LogP) is 4.84. The van der Waals surface area contributed by atoms with Crippen molar-refractivity contribution in [1.82, 2.24) is 5.43 Å². The van der Waals surface area contributed by atoms with Crippen LogP contribution >= 0.6 is 15.9 Å². The van der Waals surface area contributed by atoms with Crippen LogP contribution in [0.15, 0.2) is 82.4 Å². The number of nitrogens with zero attached hydrogens (tertiary/aromatic N) is 1. The Morgan fingerprint density at radius 3 is 2.24 bits per heavy atom. The predicted molar refractivity (Wildman–Crippen MR) is 117 cm³/mol. The Kier molecular flexibility index (Phi) is 7.03. The van der Waals surface area contributed by atoms with Crippen LogP contribution < -0.4 is 10.2 Å². The van der Waals surface area contributed by atoms with E-state index in [4.69, 9.17) is 4.74 Å². The van der Waals surface area contributed by atoms with Gasteiger partial charge in [-0.2, -0.15) is 5.10 Å². The molecule has 29 heavy (non-hydrogen) atoms. The molecule has 6 heteroatoms. The molecule has 0 unspecified atom stereocenters. The summed E-state index contributed by atoms with van der Waals surface area (Å²) >= 11 is 3.29. The van der Waals surface area contributed by atoms with Crippen molar-refractivity contribution in [3.05, 3.63) is 94.0 Å². The monoisotopic (exact) mass is 452 g/mol. The fourth-order valence-corrected chi connectivity index (χ4v) is 3.41. The molecule has 3 aromatic rings. The van der Waals surface area contributed by atoms with Crippen LogP contribution in [-0.4, -0.2) is 23.8 Å². The first-order chi connectivity index (χ1) is 14.1. The molecule has 5 nitrogen and oxygen atoms in total. The van der Waals surface area contributed by atoms with Gasteiger partial charge in [-0.1, -0.05) is 60.7 Å². The third kappa shape index (κ3) is 5.23. The summed E-state index contributed by atoms with van der Waals surface area (Å²) in [6.07, 6.45) is 1.51. The lowest BCUT2D eigenvalue weighted by molar-refractivity contribution is -0.121. The standard InChI is InChI=1S/C23H21BrN2O3/c1-2-29-20-14-16(13-19(24)22(20)27)15-25-26-23(28)21(17-9-5-3-6-10-17)18-11-7-4-8-12-18/h3-15,21,27H,2H2,1H3,(H,26,28)/b25-15+. The highest BCUT2D eigenvalue weighted by atomic mass is 79.9. The zero-order chi connectivity index (χ0) is 20.6. The van der Waals surface area contributed by atoms with Crippen LogP contribution in [-0.2, 0) is 4.79 Å². The molecule has 0 fully saturated rings. The SMILES string of the molecule is CCOc1cc(/C=N/NC(=O)C(c2ccccc2)c2ccccc2)cc(Br)c1O. The molecule has 0 bridgehead atoms. The van der Waals surface area contributed by atoms with Crippen LogP contribution in [0, 0.1) is 0 Å². The summed E-state index contributed by atoms with van der Waals surface area (Å²) in [4.78, 5) is 12.9. The van der Waals surface area contributed by atoms with E-state index in [1.165, 1.54) is 6.21 Å². The van der Waals surface area contributed by atoms with Crippen molar-refractivity contribution in [1.29, 1.82) is 0 Å². The van der Waals surface area contributed by atoms with Crippen LogP contribution in [0.3, 0.4) is 0 Å². The maximum Gasteiger partial charge on any atom is 0.252 e. The molecule has 0 saturated carbocycles. The molecular formula is C23H21BrN2O3. The zero-order valence-corrected chi connectivity index (χ0v) is 17.5. The van der Waals surface area contributed by atoms with Crippen LogP contribution in [0.25, 0.3) is 0 Å². The number of benzene rings is 3. The molecule has 0 radical (unpaired) electrons. The number of nitrogens with one attached hydrogen (secondary N) is 1. The normalized spacial score (nSPS) is 11.0. The van der Waals surface area contributed by atoms with Crippen LogP contribution in [0.4, 0.5) is 0 Å². The molecule has 0 aliphatic heterocycles. The lowest BCUT2D eigenvalue weighted by atomic mass is 9.91. The molecule has 0 spiro atoms. The third-order valence-corrected chi connectivity index (χ3v) is 4.87. The number of aromatic hydroxyl groups is 1. The Hall–Kier alpha value is -3.12. The van der Waals surface area contributed by atoms with Crippen molar-refractivity contribution in [2.45, 2.75) is 12.8 Å². The number of hydrogen-bond donors (Lipinski definition) is 2. The summed E-state index contributed by atoms with van der Waals surface area (Å²) in [6.45, 7) is 2.26. The van der Waals surface area contributed by atoms with E-state index in [-0.39, 0.29) is 11.7 Å². The second-order valence-corrected chi connectivity index (χ2v) is 7.13. The van der Waals surface area contributed by atoms with E-state index in [0.29, 0.717) is 22.4 Å². The van der Waals surface area contributed by atoms with Crippen molar-refractivity contribution in [2.24, 2.45) is 5.10 Å². The number of amides is 1. The van der Waals surface area contributed by atoms with Gasteiger partial charge in [-0.3, -0.25) is 4.79 Å². The van der Waals surface area contributed by atoms with Gasteiger partial charge in [0, 0.05) is 0 Å². The third-order valence-electron chi connectivity index (χ3n) is 4.27. The molecule has 0 aromatic heterocycles. The number of ether oxygens (including phenoxy) is 1. The van der Waals surface area contributed by atoms with E-state index in [1.54, 1.807) is 12.1 Å². The fourth-order valence-electron chi connectivity index (χ4n) is 2.96. The molecule has 3 rings (SSSR count).